The molecule has 16 heavy (non-hydrogen) atoms. The van der Waals surface area contributed by atoms with Crippen molar-refractivity contribution in [3.05, 3.63) is 40.9 Å². The molecule has 0 atom stereocenters. The predicted octanol–water partition coefficient (Wildman–Crippen LogP) is 0.654. The van der Waals surface area contributed by atoms with E-state index < -0.39 is 0 Å². The van der Waals surface area contributed by atoms with Crippen LogP contribution in [0.3, 0.4) is 0 Å². The van der Waals surface area contributed by atoms with Crippen LogP contribution in [-0.2, 0) is 4.79 Å². The topological polar surface area (TPSA) is 50.2 Å². The van der Waals surface area contributed by atoms with E-state index >= 15 is 0 Å². The normalized spacial score (nSPS) is 14.8. The van der Waals surface area contributed by atoms with Gasteiger partial charge in [-0.2, -0.15) is 0 Å². The first-order valence-corrected chi connectivity index (χ1v) is 5.08. The van der Waals surface area contributed by atoms with Crippen molar-refractivity contribution in [3.63, 3.8) is 0 Å². The third-order valence-corrected chi connectivity index (χ3v) is 2.75. The number of Topliss-reactive ketones (excluding diaryl/α,β-unsaturated/α-hetero) is 1. The van der Waals surface area contributed by atoms with E-state index in [0.29, 0.717) is 10.6 Å². The molecule has 3 heteroatoms. The summed E-state index contributed by atoms with van der Waals surface area (Å²) in [5.74, 6) is -0.416. The molecule has 0 fully saturated rings. The molecule has 0 saturated heterocycles. The van der Waals surface area contributed by atoms with Crippen molar-refractivity contribution >= 4 is 28.5 Å². The second-order valence-electron chi connectivity index (χ2n) is 3.79. The van der Waals surface area contributed by atoms with Gasteiger partial charge in [-0.15, -0.1) is 0 Å². The van der Waals surface area contributed by atoms with Crippen molar-refractivity contribution in [2.24, 2.45) is 0 Å². The molecule has 0 amide bonds. The molecule has 78 valence electrons. The average molecular weight is 211 g/mol. The Kier molecular flexibility index (Phi) is 1.80. The van der Waals surface area contributed by atoms with Crippen LogP contribution in [0.15, 0.2) is 30.3 Å². The highest BCUT2D eigenvalue weighted by molar-refractivity contribution is 6.14. The second kappa shape index (κ2) is 3.17. The van der Waals surface area contributed by atoms with Crippen LogP contribution in [0.25, 0.3) is 22.7 Å². The van der Waals surface area contributed by atoms with Crippen LogP contribution in [0.4, 0.5) is 0 Å². The summed E-state index contributed by atoms with van der Waals surface area (Å²) in [6, 6.07) is 9.45. The molecule has 0 saturated carbocycles. The first-order chi connectivity index (χ1) is 7.75. The van der Waals surface area contributed by atoms with E-state index in [-0.39, 0.29) is 18.0 Å². The van der Waals surface area contributed by atoms with Crippen molar-refractivity contribution in [2.75, 3.05) is 0 Å². The van der Waals surface area contributed by atoms with Gasteiger partial charge in [0.05, 0.1) is 10.9 Å². The highest BCUT2D eigenvalue weighted by Crippen LogP contribution is 2.07. The van der Waals surface area contributed by atoms with E-state index in [2.05, 4.69) is 4.98 Å². The summed E-state index contributed by atoms with van der Waals surface area (Å²) in [6.45, 7) is 0. The number of aliphatic hydroxyl groups is 1. The number of nitrogens with zero attached hydrogens (tertiary/aromatic N) is 1. The lowest BCUT2D eigenvalue weighted by molar-refractivity contribution is -0.114. The van der Waals surface area contributed by atoms with Crippen LogP contribution >= 0.6 is 0 Å². The van der Waals surface area contributed by atoms with Gasteiger partial charge < -0.3 is 5.11 Å². The Balaban J connectivity index is 2.54. The van der Waals surface area contributed by atoms with E-state index in [4.69, 9.17) is 0 Å². The van der Waals surface area contributed by atoms with Gasteiger partial charge in [0, 0.05) is 17.0 Å². The van der Waals surface area contributed by atoms with Crippen LogP contribution in [0.5, 0.6) is 0 Å². The number of aromatic nitrogens is 1. The zero-order valence-electron chi connectivity index (χ0n) is 8.47. The van der Waals surface area contributed by atoms with E-state index in [1.807, 2.05) is 24.3 Å². The highest BCUT2D eigenvalue weighted by atomic mass is 16.3. The molecule has 0 unspecified atom stereocenters. The van der Waals surface area contributed by atoms with Crippen LogP contribution in [0.2, 0.25) is 0 Å². The fourth-order valence-electron chi connectivity index (χ4n) is 1.91. The van der Waals surface area contributed by atoms with Gasteiger partial charge in [-0.25, -0.2) is 4.98 Å². The van der Waals surface area contributed by atoms with Crippen molar-refractivity contribution < 1.29 is 9.90 Å². The molecule has 0 bridgehead atoms. The fraction of sp³-hybridized carbons (Fsp3) is 0.0769. The quantitative estimate of drug-likeness (QED) is 0.696. The molecule has 3 nitrogen and oxygen atoms in total. The number of para-hydroxylation sites is 1. The molecule has 0 spiro atoms. The Morgan fingerprint density at radius 3 is 2.94 bits per heavy atom. The number of carbonyl (C=O) groups excluding carboxylic acids is 1. The number of aliphatic hydroxyl groups excluding tert-OH is 1. The zero-order chi connectivity index (χ0) is 11.1. The van der Waals surface area contributed by atoms with Gasteiger partial charge in [0.1, 0.15) is 0 Å². The summed E-state index contributed by atoms with van der Waals surface area (Å²) in [5, 5.41) is 11.9. The maximum atomic E-state index is 11.3. The molecule has 0 aliphatic heterocycles. The highest BCUT2D eigenvalue weighted by Gasteiger charge is 2.13. The summed E-state index contributed by atoms with van der Waals surface area (Å²) >= 11 is 0. The van der Waals surface area contributed by atoms with Gasteiger partial charge in [-0.1, -0.05) is 24.3 Å². The Morgan fingerprint density at radius 2 is 2.06 bits per heavy atom. The van der Waals surface area contributed by atoms with Crippen LogP contribution in [-0.4, -0.2) is 15.9 Å². The minimum atomic E-state index is -0.246. The van der Waals surface area contributed by atoms with Crippen LogP contribution < -0.4 is 10.6 Å². The number of rotatable bonds is 0. The van der Waals surface area contributed by atoms with E-state index in [1.54, 1.807) is 12.1 Å². The maximum absolute atomic E-state index is 11.3. The number of ketones is 1. The average Bonchev–Trinajstić information content (AvgIpc) is 2.32. The molecule has 0 radical (unpaired) electrons. The largest absolute Gasteiger partial charge is 0.504 e. The lowest BCUT2D eigenvalue weighted by Crippen LogP contribution is -2.35. The summed E-state index contributed by atoms with van der Waals surface area (Å²) in [7, 11) is 0. The Labute approximate surface area is 91.4 Å². The second-order valence-corrected chi connectivity index (χ2v) is 3.79. The number of pyridine rings is 1. The minimum absolute atomic E-state index is 0.171. The molecule has 1 aromatic carbocycles. The third-order valence-electron chi connectivity index (χ3n) is 2.75. The zero-order valence-corrected chi connectivity index (χ0v) is 8.47. The Morgan fingerprint density at radius 1 is 1.25 bits per heavy atom. The number of hydrogen-bond donors (Lipinski definition) is 1. The number of carbonyl (C=O) groups is 1. The van der Waals surface area contributed by atoms with E-state index in [0.717, 1.165) is 10.9 Å². The van der Waals surface area contributed by atoms with Gasteiger partial charge in [0.25, 0.3) is 0 Å². The molecular weight excluding hydrogens is 202 g/mol. The predicted molar refractivity (Wildman–Crippen MR) is 61.1 cm³/mol. The summed E-state index contributed by atoms with van der Waals surface area (Å²) < 4.78 is 0. The van der Waals surface area contributed by atoms with Gasteiger partial charge in [0.2, 0.25) is 5.78 Å². The monoisotopic (exact) mass is 211 g/mol. The maximum Gasteiger partial charge on any atom is 0.201 e. The summed E-state index contributed by atoms with van der Waals surface area (Å²) in [6.07, 6.45) is 1.98. The van der Waals surface area contributed by atoms with Crippen LogP contribution in [0, 0.1) is 0 Å². The van der Waals surface area contributed by atoms with Gasteiger partial charge in [-0.05, 0) is 12.1 Å². The van der Waals surface area contributed by atoms with Crippen LogP contribution in [0.1, 0.15) is 6.42 Å². The lowest BCUT2D eigenvalue weighted by Gasteiger charge is -2.04. The fourth-order valence-corrected chi connectivity index (χ4v) is 1.91. The van der Waals surface area contributed by atoms with Gasteiger partial charge in [0.15, 0.2) is 5.76 Å². The molecule has 3 rings (SSSR count). The molecular formula is C13H9NO2. The Bertz CT molecular complexity index is 716. The van der Waals surface area contributed by atoms with Crippen molar-refractivity contribution in [1.82, 2.24) is 4.98 Å². The molecule has 2 aromatic rings. The van der Waals surface area contributed by atoms with Crippen molar-refractivity contribution in [3.8, 4) is 0 Å². The third kappa shape index (κ3) is 1.21. The van der Waals surface area contributed by atoms with Crippen molar-refractivity contribution in [2.45, 2.75) is 6.42 Å². The van der Waals surface area contributed by atoms with E-state index in [1.165, 1.54) is 0 Å². The van der Waals surface area contributed by atoms with Gasteiger partial charge in [-0.3, -0.25) is 4.79 Å². The van der Waals surface area contributed by atoms with E-state index in [9.17, 15) is 9.90 Å². The number of benzene rings is 1. The summed E-state index contributed by atoms with van der Waals surface area (Å²) in [5.41, 5.74) is 0.875. The molecule has 1 aliphatic rings. The SMILES string of the molecule is O=C1CC=c2nc3ccccc3cc2=C1O. The smallest absolute Gasteiger partial charge is 0.201 e. The number of fused-ring (bicyclic) bond motifs is 2. The Hall–Kier alpha value is -2.16. The lowest BCUT2D eigenvalue weighted by atomic mass is 10.1. The molecule has 1 aromatic heterocycles. The first-order valence-electron chi connectivity index (χ1n) is 5.08. The first kappa shape index (κ1) is 9.09. The minimum Gasteiger partial charge on any atom is -0.504 e. The molecule has 1 aliphatic carbocycles. The molecule has 1 heterocycles. The summed E-state index contributed by atoms with van der Waals surface area (Å²) in [4.78, 5) is 15.8. The standard InChI is InChI=1S/C13H9NO2/c15-12-6-5-11-9(13(12)16)7-8-3-1-2-4-10(8)14-11/h1-5,7,16H,6H2. The molecule has 1 N–H and O–H groups in total. The number of hydrogen-bond acceptors (Lipinski definition) is 3. The van der Waals surface area contributed by atoms with Gasteiger partial charge >= 0.3 is 0 Å². The van der Waals surface area contributed by atoms with Crippen molar-refractivity contribution in [1.29, 1.82) is 0 Å².